The third-order valence-electron chi connectivity index (χ3n) is 0. The molecule has 0 aromatic carbocycles. The van der Waals surface area contributed by atoms with E-state index in [-0.39, 0.29) is 0 Å². The van der Waals surface area contributed by atoms with Gasteiger partial charge in [-0.2, -0.15) is 0 Å². The average molecular weight is 72.1 g/mol. The van der Waals surface area contributed by atoms with E-state index in [1.807, 2.05) is 0 Å². The minimum Gasteiger partial charge on any atom is -0.400 e. The monoisotopic (exact) mass is 72.1 g/mol. The van der Waals surface area contributed by atoms with E-state index in [1.165, 1.54) is 0 Å². The van der Waals surface area contributed by atoms with Crippen LogP contribution in [0, 0.1) is 12.3 Å². The largest absolute Gasteiger partial charge is 0.400 e. The third kappa shape index (κ3) is 35.3. The van der Waals surface area contributed by atoms with Gasteiger partial charge >= 0.3 is 0 Å². The van der Waals surface area contributed by atoms with Crippen molar-refractivity contribution in [2.75, 3.05) is 7.11 Å². The summed E-state index contributed by atoms with van der Waals surface area (Å²) >= 11 is 0. The van der Waals surface area contributed by atoms with Gasteiger partial charge in [-0.1, -0.05) is 0 Å². The van der Waals surface area contributed by atoms with Crippen LogP contribution in [0.25, 0.3) is 0 Å². The number of hydrogen-bond acceptors (Lipinski definition) is 1. The predicted octanol–water partition coefficient (Wildman–Crippen LogP) is 0.248. The molecule has 1 N–H and O–H groups in total. The first kappa shape index (κ1) is 8.82. The van der Waals surface area contributed by atoms with Gasteiger partial charge in [0, 0.05) is 7.11 Å². The highest BCUT2D eigenvalue weighted by Gasteiger charge is 1.09. The highest BCUT2D eigenvalue weighted by atomic mass is 16.2. The molecule has 0 rings (SSSR count). The molecule has 0 fully saturated rings. The van der Waals surface area contributed by atoms with Crippen molar-refractivity contribution in [3.63, 3.8) is 0 Å². The lowest BCUT2D eigenvalue weighted by Crippen LogP contribution is -1.25. The van der Waals surface area contributed by atoms with E-state index in [0.717, 1.165) is 7.11 Å². The van der Waals surface area contributed by atoms with E-state index in [4.69, 9.17) is 5.11 Å². The fraction of sp³-hybridized carbons (Fsp3) is 0.500. The lowest BCUT2D eigenvalue weighted by Gasteiger charge is -1.23. The quantitative estimate of drug-likeness (QED) is 0.407. The Morgan fingerprint density at radius 1 is 1.60 bits per heavy atom. The maximum absolute atomic E-state index is 7.00. The van der Waals surface area contributed by atoms with E-state index in [1.54, 1.807) is 6.92 Å². The molecule has 0 aliphatic rings. The van der Waals surface area contributed by atoms with E-state index in [0.29, 0.717) is 0 Å². The van der Waals surface area contributed by atoms with Gasteiger partial charge in [-0.05, 0) is 6.92 Å². The minimum absolute atomic E-state index is 1.00. The molecule has 0 aromatic heterocycles. The molecule has 0 amide bonds. The standard InChI is InChI=1S/C3H4.CH4O/c1-3-2;1-2/h1H,2H3;2H,1H3. The fourth-order valence-corrected chi connectivity index (χ4v) is 0. The average Bonchev–Trinajstić information content (AvgIpc) is 1.46. The van der Waals surface area contributed by atoms with Crippen LogP contribution in [0.15, 0.2) is 0 Å². The zero-order chi connectivity index (χ0) is 4.71. The van der Waals surface area contributed by atoms with Gasteiger partial charge in [0.15, 0.2) is 0 Å². The zero-order valence-electron chi connectivity index (χ0n) is 3.52. The maximum Gasteiger partial charge on any atom is 0.0319 e. The first-order chi connectivity index (χ1) is 2.41. The molecule has 0 heterocycles. The molecule has 5 heavy (non-hydrogen) atoms. The van der Waals surface area contributed by atoms with E-state index in [2.05, 4.69) is 12.3 Å². The van der Waals surface area contributed by atoms with Crippen molar-refractivity contribution in [2.45, 2.75) is 6.92 Å². The van der Waals surface area contributed by atoms with Gasteiger partial charge in [-0.25, -0.2) is 0 Å². The highest BCUT2D eigenvalue weighted by Crippen LogP contribution is 1.21. The van der Waals surface area contributed by atoms with E-state index >= 15 is 0 Å². The van der Waals surface area contributed by atoms with Crippen molar-refractivity contribution < 1.29 is 5.11 Å². The first-order valence-corrected chi connectivity index (χ1v) is 1.24. The molecule has 1 heteroatoms. The molecule has 30 valence electrons. The Morgan fingerprint density at radius 2 is 1.60 bits per heavy atom. The molecule has 0 spiro atoms. The summed E-state index contributed by atoms with van der Waals surface area (Å²) < 4.78 is 0. The summed E-state index contributed by atoms with van der Waals surface area (Å²) in [4.78, 5) is 0. The minimum atomic E-state index is 1.00. The molecular weight excluding hydrogens is 64.0 g/mol. The Morgan fingerprint density at radius 3 is 1.60 bits per heavy atom. The van der Waals surface area contributed by atoms with Crippen molar-refractivity contribution in [3.8, 4) is 12.3 Å². The number of hydrogen-bond donors (Lipinski definition) is 1. The Balaban J connectivity index is 0. The number of terminal acetylenes is 1. The smallest absolute Gasteiger partial charge is 0.0319 e. The van der Waals surface area contributed by atoms with Crippen molar-refractivity contribution in [1.82, 2.24) is 0 Å². The van der Waals surface area contributed by atoms with Gasteiger partial charge in [0.2, 0.25) is 0 Å². The lowest BCUT2D eigenvalue weighted by atomic mass is 10.9. The Bertz CT molecular complexity index is 25.1. The Kier molecular flexibility index (Phi) is 146. The van der Waals surface area contributed by atoms with Gasteiger partial charge in [-0.3, -0.25) is 0 Å². The molecule has 0 aromatic rings. The lowest BCUT2D eigenvalue weighted by molar-refractivity contribution is 0.399. The van der Waals surface area contributed by atoms with E-state index in [9.17, 15) is 0 Å². The summed E-state index contributed by atoms with van der Waals surface area (Å²) in [5, 5.41) is 7.00. The first-order valence-electron chi connectivity index (χ1n) is 1.24. The van der Waals surface area contributed by atoms with Crippen LogP contribution < -0.4 is 0 Å². The van der Waals surface area contributed by atoms with Crippen LogP contribution in [0.2, 0.25) is 0 Å². The topological polar surface area (TPSA) is 20.2 Å². The Labute approximate surface area is 32.6 Å². The molecule has 0 aliphatic carbocycles. The van der Waals surface area contributed by atoms with Crippen LogP contribution in [-0.4, -0.2) is 12.2 Å². The molecule has 0 radical (unpaired) electrons. The molecule has 1 nitrogen and oxygen atoms in total. The van der Waals surface area contributed by atoms with Crippen LogP contribution in [-0.2, 0) is 0 Å². The summed E-state index contributed by atoms with van der Waals surface area (Å²) in [6.45, 7) is 1.65. The Hall–Kier alpha value is -0.480. The number of aliphatic hydroxyl groups is 1. The normalized spacial score (nSPS) is 2.80. The van der Waals surface area contributed by atoms with Gasteiger partial charge in [0.25, 0.3) is 0 Å². The molecular formula is C4H8O. The second kappa shape index (κ2) is 82.7. The van der Waals surface area contributed by atoms with Gasteiger partial charge in [0.1, 0.15) is 0 Å². The maximum atomic E-state index is 7.00. The van der Waals surface area contributed by atoms with E-state index < -0.39 is 0 Å². The molecule has 0 saturated heterocycles. The van der Waals surface area contributed by atoms with Crippen molar-refractivity contribution in [2.24, 2.45) is 0 Å². The zero-order valence-corrected chi connectivity index (χ0v) is 3.52. The van der Waals surface area contributed by atoms with Gasteiger partial charge < -0.3 is 5.11 Å². The predicted molar refractivity (Wildman–Crippen MR) is 22.6 cm³/mol. The third-order valence-corrected chi connectivity index (χ3v) is 0. The summed E-state index contributed by atoms with van der Waals surface area (Å²) in [6.07, 6.45) is 4.60. The summed E-state index contributed by atoms with van der Waals surface area (Å²) in [6, 6.07) is 0. The highest BCUT2D eigenvalue weighted by molar-refractivity contribution is 4.73. The summed E-state index contributed by atoms with van der Waals surface area (Å²) in [5.41, 5.74) is 0. The van der Waals surface area contributed by atoms with Gasteiger partial charge in [-0.15, -0.1) is 12.3 Å². The van der Waals surface area contributed by atoms with Crippen molar-refractivity contribution in [3.05, 3.63) is 0 Å². The molecule has 0 aliphatic heterocycles. The molecule has 0 bridgehead atoms. The summed E-state index contributed by atoms with van der Waals surface area (Å²) in [5.74, 6) is 2.25. The fourth-order valence-electron chi connectivity index (χ4n) is 0. The van der Waals surface area contributed by atoms with Crippen molar-refractivity contribution in [1.29, 1.82) is 0 Å². The van der Waals surface area contributed by atoms with Crippen LogP contribution in [0.5, 0.6) is 0 Å². The second-order valence-electron chi connectivity index (χ2n) is 0.289. The van der Waals surface area contributed by atoms with Crippen LogP contribution in [0.3, 0.4) is 0 Å². The molecule has 0 unspecified atom stereocenters. The SMILES string of the molecule is C#CC.CO. The van der Waals surface area contributed by atoms with Crippen LogP contribution in [0.4, 0.5) is 0 Å². The van der Waals surface area contributed by atoms with Crippen LogP contribution in [0.1, 0.15) is 6.92 Å². The van der Waals surface area contributed by atoms with Gasteiger partial charge in [0.05, 0.1) is 0 Å². The second-order valence-corrected chi connectivity index (χ2v) is 0.289. The summed E-state index contributed by atoms with van der Waals surface area (Å²) in [7, 11) is 1.00. The van der Waals surface area contributed by atoms with Crippen molar-refractivity contribution >= 4 is 0 Å². The number of aliphatic hydroxyl groups excluding tert-OH is 1. The molecule has 0 saturated carbocycles. The van der Waals surface area contributed by atoms with Crippen LogP contribution >= 0.6 is 0 Å². The number of rotatable bonds is 0. The molecule has 0 atom stereocenters.